The average Bonchev–Trinajstić information content (AvgIpc) is 2.95. The van der Waals surface area contributed by atoms with Crippen LogP contribution in [0.25, 0.3) is 0 Å². The maximum absolute atomic E-state index is 12.0. The first-order chi connectivity index (χ1) is 19.5. The van der Waals surface area contributed by atoms with E-state index in [4.69, 9.17) is 0 Å². The lowest BCUT2D eigenvalue weighted by Crippen LogP contribution is -2.38. The number of nitrogens with zero attached hydrogens (tertiary/aromatic N) is 2. The molecule has 1 aromatic heterocycles. The van der Waals surface area contributed by atoms with E-state index < -0.39 is 5.91 Å². The molecule has 8 heteroatoms. The van der Waals surface area contributed by atoms with Crippen molar-refractivity contribution in [1.29, 1.82) is 0 Å². The van der Waals surface area contributed by atoms with Gasteiger partial charge in [0.1, 0.15) is 0 Å². The van der Waals surface area contributed by atoms with Crippen LogP contribution in [0.1, 0.15) is 74.5 Å². The van der Waals surface area contributed by atoms with Gasteiger partial charge in [-0.1, -0.05) is 79.8 Å². The Balaban J connectivity index is 1.95. The second-order valence-electron chi connectivity index (χ2n) is 9.05. The topological polar surface area (TPSA) is 110 Å². The second-order valence-corrected chi connectivity index (χ2v) is 9.05. The lowest BCUT2D eigenvalue weighted by atomic mass is 10.2. The Morgan fingerprint density at radius 1 is 0.775 bits per heavy atom. The molecule has 0 unspecified atom stereocenters. The number of allylic oxidation sites excluding steroid dienone is 12. The summed E-state index contributed by atoms with van der Waals surface area (Å²) < 4.78 is 0.616. The fourth-order valence-corrected chi connectivity index (χ4v) is 3.30. The standard InChI is InChI=1S/C32H47N5O3/c1-3-4-5-6-7-8-9-10-11-12-13-14-15-16-17-18-19-20-21-22-31(38)34-25-23-33-24-26-35-32(39)30-28-37(40)29(2)27-36-30/h4-5,7-8,10-11,13-14,16-17,19-20,27-28,33H,3,6,9,12,15,18,21-26H2,1-2H3,(H,34,38)(H,35,39)/b5-4-,8-7-,11-10-,14-13-,17-16-,20-19-. The highest BCUT2D eigenvalue weighted by atomic mass is 16.5. The van der Waals surface area contributed by atoms with Crippen molar-refractivity contribution >= 4 is 11.8 Å². The maximum atomic E-state index is 12.0. The number of nitrogens with one attached hydrogen (secondary N) is 3. The lowest BCUT2D eigenvalue weighted by Gasteiger charge is -2.08. The first-order valence-corrected chi connectivity index (χ1v) is 14.3. The second kappa shape index (κ2) is 24.3. The van der Waals surface area contributed by atoms with Gasteiger partial charge in [-0.25, -0.2) is 4.98 Å². The Labute approximate surface area is 240 Å². The lowest BCUT2D eigenvalue weighted by molar-refractivity contribution is -0.613. The van der Waals surface area contributed by atoms with Crippen molar-refractivity contribution in [2.75, 3.05) is 26.2 Å². The fraction of sp³-hybridized carbons (Fsp3) is 0.438. The molecular weight excluding hydrogens is 502 g/mol. The van der Waals surface area contributed by atoms with Crippen LogP contribution >= 0.6 is 0 Å². The van der Waals surface area contributed by atoms with E-state index in [1.54, 1.807) is 6.92 Å². The Morgan fingerprint density at radius 2 is 1.27 bits per heavy atom. The van der Waals surface area contributed by atoms with Crippen LogP contribution in [0.5, 0.6) is 0 Å². The highest BCUT2D eigenvalue weighted by Crippen LogP contribution is 1.98. The van der Waals surface area contributed by atoms with Gasteiger partial charge in [-0.15, -0.1) is 0 Å². The molecule has 1 heterocycles. The number of carbonyl (C=O) groups excluding carboxylic acids is 2. The van der Waals surface area contributed by atoms with Gasteiger partial charge in [-0.3, -0.25) is 9.59 Å². The van der Waals surface area contributed by atoms with Gasteiger partial charge in [0.15, 0.2) is 5.69 Å². The first-order valence-electron chi connectivity index (χ1n) is 14.3. The van der Waals surface area contributed by atoms with Crippen molar-refractivity contribution in [1.82, 2.24) is 20.9 Å². The Morgan fingerprint density at radius 3 is 1.80 bits per heavy atom. The molecule has 0 spiro atoms. The van der Waals surface area contributed by atoms with E-state index in [9.17, 15) is 14.8 Å². The van der Waals surface area contributed by atoms with Crippen LogP contribution in [0.15, 0.2) is 85.3 Å². The molecule has 0 saturated carbocycles. The minimum absolute atomic E-state index is 0.0194. The fourth-order valence-electron chi connectivity index (χ4n) is 3.30. The number of hydrogen-bond acceptors (Lipinski definition) is 5. The molecule has 0 aliphatic heterocycles. The van der Waals surface area contributed by atoms with Gasteiger partial charge in [0.05, 0.1) is 6.20 Å². The number of amides is 2. The monoisotopic (exact) mass is 549 g/mol. The molecule has 0 saturated heterocycles. The van der Waals surface area contributed by atoms with Crippen molar-refractivity contribution in [2.45, 2.75) is 65.2 Å². The van der Waals surface area contributed by atoms with Crippen molar-refractivity contribution in [3.05, 3.63) is 102 Å². The van der Waals surface area contributed by atoms with E-state index in [0.717, 1.165) is 44.7 Å². The number of aromatic nitrogens is 2. The predicted molar refractivity (Wildman–Crippen MR) is 164 cm³/mol. The summed E-state index contributed by atoms with van der Waals surface area (Å²) in [6, 6.07) is 0. The normalized spacial score (nSPS) is 12.2. The van der Waals surface area contributed by atoms with E-state index >= 15 is 0 Å². The summed E-state index contributed by atoms with van der Waals surface area (Å²) >= 11 is 0. The Hall–Kier alpha value is -3.78. The zero-order valence-corrected chi connectivity index (χ0v) is 24.2. The molecule has 0 radical (unpaired) electrons. The number of hydrogen-bond donors (Lipinski definition) is 3. The van der Waals surface area contributed by atoms with Gasteiger partial charge in [0, 0.05) is 39.5 Å². The number of rotatable bonds is 21. The largest absolute Gasteiger partial charge is 0.618 e. The van der Waals surface area contributed by atoms with Crippen LogP contribution in [0, 0.1) is 12.1 Å². The molecule has 3 N–H and O–H groups in total. The third kappa shape index (κ3) is 19.3. The van der Waals surface area contributed by atoms with Gasteiger partial charge in [0.25, 0.3) is 5.91 Å². The highest BCUT2D eigenvalue weighted by Gasteiger charge is 2.11. The highest BCUT2D eigenvalue weighted by molar-refractivity contribution is 5.91. The first kappa shape index (κ1) is 34.2. The third-order valence-electron chi connectivity index (χ3n) is 5.56. The van der Waals surface area contributed by atoms with Gasteiger partial charge in [-0.05, 0) is 44.9 Å². The van der Waals surface area contributed by atoms with Gasteiger partial charge in [0.2, 0.25) is 17.8 Å². The molecule has 40 heavy (non-hydrogen) atoms. The third-order valence-corrected chi connectivity index (χ3v) is 5.56. The van der Waals surface area contributed by atoms with Crippen LogP contribution in [0.4, 0.5) is 0 Å². The summed E-state index contributed by atoms with van der Waals surface area (Å²) in [5.74, 6) is -0.375. The summed E-state index contributed by atoms with van der Waals surface area (Å²) in [5, 5.41) is 20.2. The van der Waals surface area contributed by atoms with Crippen LogP contribution in [0.3, 0.4) is 0 Å². The van der Waals surface area contributed by atoms with Crippen LogP contribution in [0.2, 0.25) is 0 Å². The summed E-state index contributed by atoms with van der Waals surface area (Å²) in [5.41, 5.74) is 0.511. The summed E-state index contributed by atoms with van der Waals surface area (Å²) in [6.45, 7) is 5.83. The summed E-state index contributed by atoms with van der Waals surface area (Å²) in [4.78, 5) is 27.8. The molecule has 0 fully saturated rings. The molecule has 2 amide bonds. The van der Waals surface area contributed by atoms with Gasteiger partial charge < -0.3 is 21.2 Å². The van der Waals surface area contributed by atoms with Gasteiger partial charge >= 0.3 is 0 Å². The molecule has 0 aliphatic rings. The maximum Gasteiger partial charge on any atom is 0.276 e. The molecule has 1 rings (SSSR count). The SMILES string of the molecule is CC/C=C\C/C=C\C/C=C\C/C=C\C/C=C\C/C=C\CCC(=O)NCCNCCNC(=O)c1c[n+]([O-])c(C)cn1. The zero-order chi connectivity index (χ0) is 29.1. The van der Waals surface area contributed by atoms with Crippen LogP contribution in [-0.4, -0.2) is 43.0 Å². The Kier molecular flexibility index (Phi) is 20.8. The predicted octanol–water partition coefficient (Wildman–Crippen LogP) is 4.94. The molecule has 218 valence electrons. The van der Waals surface area contributed by atoms with Crippen molar-refractivity contribution in [2.24, 2.45) is 0 Å². The molecule has 0 atom stereocenters. The zero-order valence-electron chi connectivity index (χ0n) is 24.2. The van der Waals surface area contributed by atoms with Crippen molar-refractivity contribution in [3.8, 4) is 0 Å². The molecule has 0 aliphatic carbocycles. The average molecular weight is 550 g/mol. The molecule has 0 aromatic carbocycles. The van der Waals surface area contributed by atoms with E-state index in [1.165, 1.54) is 6.20 Å². The molecular formula is C32H47N5O3. The molecule has 8 nitrogen and oxygen atoms in total. The minimum Gasteiger partial charge on any atom is -0.618 e. The van der Waals surface area contributed by atoms with Crippen LogP contribution < -0.4 is 20.7 Å². The van der Waals surface area contributed by atoms with Crippen molar-refractivity contribution in [3.63, 3.8) is 0 Å². The molecule has 1 aromatic rings. The van der Waals surface area contributed by atoms with E-state index in [2.05, 4.69) is 94.7 Å². The minimum atomic E-state index is -0.394. The van der Waals surface area contributed by atoms with Crippen molar-refractivity contribution < 1.29 is 14.3 Å². The summed E-state index contributed by atoms with van der Waals surface area (Å²) in [7, 11) is 0. The summed E-state index contributed by atoms with van der Waals surface area (Å²) in [6.07, 6.45) is 35.5. The van der Waals surface area contributed by atoms with E-state index in [-0.39, 0.29) is 11.6 Å². The quantitative estimate of drug-likeness (QED) is 0.0871. The van der Waals surface area contributed by atoms with E-state index in [1.807, 2.05) is 6.08 Å². The molecule has 0 bridgehead atoms. The Bertz CT molecular complexity index is 1030. The van der Waals surface area contributed by atoms with Crippen LogP contribution in [-0.2, 0) is 4.79 Å². The smallest absolute Gasteiger partial charge is 0.276 e. The van der Waals surface area contributed by atoms with Gasteiger partial charge in [-0.2, -0.15) is 4.73 Å². The van der Waals surface area contributed by atoms with E-state index in [0.29, 0.717) is 49.4 Å². The number of aryl methyl sites for hydroxylation is 1. The number of carbonyl (C=O) groups is 2.